The minimum absolute atomic E-state index is 0. The summed E-state index contributed by atoms with van der Waals surface area (Å²) in [5.41, 5.74) is 11.4. The van der Waals surface area contributed by atoms with Gasteiger partial charge in [-0.15, -0.1) is 46.9 Å². The van der Waals surface area contributed by atoms with Crippen LogP contribution in [0.5, 0.6) is 17.2 Å². The molecule has 0 saturated heterocycles. The van der Waals surface area contributed by atoms with E-state index in [-0.39, 0.29) is 31.6 Å². The summed E-state index contributed by atoms with van der Waals surface area (Å²) in [4.78, 5) is 0. The standard InChI is InChI=1S/C26H23NO3S.C23H17NOS.2C7H7.Hf/c28-15-7-8-16-30-24-14-6-3-11-20(24)21-17-31-26(25(21)29)27-22-12-4-1-9-18(22)19-10-2-5-13-23(19)27;1-15-8-2-3-9-16(15)19-14-26-23(22(19)25)24-20-12-6-4-10-17(20)18-11-5-7-13-21(18)24;2*1-7-5-3-2-4-6-7;/h1-6,9-14,17,28-29H,7-8,15-16H2;2-14,25H,1H3;2*2-6H,1H2;/q;;2*-1;/p+2. The molecule has 9 heteroatoms. The predicted molar refractivity (Wildman–Crippen MR) is 302 cm³/mol. The van der Waals surface area contributed by atoms with Gasteiger partial charge in [0, 0.05) is 88.2 Å². The van der Waals surface area contributed by atoms with Gasteiger partial charge in [-0.05, 0) is 48.4 Å². The zero-order valence-corrected chi connectivity index (χ0v) is 45.3. The smallest absolute Gasteiger partial charge is 0.262 e. The number of nitrogens with zero attached hydrogens (tertiary/aromatic N) is 2. The Kier molecular flexibility index (Phi) is 17.2. The maximum Gasteiger partial charge on any atom is 0.262 e. The molecule has 0 bridgehead atoms. The van der Waals surface area contributed by atoms with Gasteiger partial charge in [0.15, 0.2) is 18.1 Å². The summed E-state index contributed by atoms with van der Waals surface area (Å²) in [6.45, 7) is 10.6. The minimum atomic E-state index is 0. The van der Waals surface area contributed by atoms with Crippen LogP contribution in [-0.2, 0) is 25.8 Å². The molecule has 0 spiro atoms. The third kappa shape index (κ3) is 11.1. The van der Waals surface area contributed by atoms with Crippen molar-refractivity contribution in [1.29, 1.82) is 0 Å². The summed E-state index contributed by atoms with van der Waals surface area (Å²) < 4.78 is 9.06. The Hall–Kier alpha value is -7.27. The number of aromatic nitrogens is 2. The maximum atomic E-state index is 11.3. The van der Waals surface area contributed by atoms with E-state index in [0.717, 1.165) is 89.6 Å². The van der Waals surface area contributed by atoms with Crippen molar-refractivity contribution >= 4 is 66.3 Å². The zero-order valence-electron chi connectivity index (χ0n) is 40.1. The molecule has 8 aromatic carbocycles. The molecule has 0 fully saturated rings. The van der Waals surface area contributed by atoms with Crippen LogP contribution < -0.4 is 0 Å². The van der Waals surface area contributed by atoms with Crippen molar-refractivity contribution in [2.75, 3.05) is 13.2 Å². The van der Waals surface area contributed by atoms with E-state index in [1.54, 1.807) is 22.7 Å². The summed E-state index contributed by atoms with van der Waals surface area (Å²) in [7, 11) is 0. The number of hydrogen-bond acceptors (Lipinski definition) is 4. The topological polar surface area (TPSA) is 86.0 Å². The number of rotatable bonds is 9. The van der Waals surface area contributed by atoms with Crippen LogP contribution in [0.1, 0.15) is 29.5 Å². The van der Waals surface area contributed by atoms with E-state index in [1.807, 2.05) is 127 Å². The Morgan fingerprint density at radius 2 is 0.806 bits per heavy atom. The summed E-state index contributed by atoms with van der Waals surface area (Å²) in [6, 6.07) is 69.3. The van der Waals surface area contributed by atoms with Crippen molar-refractivity contribution in [1.82, 2.24) is 9.13 Å². The second kappa shape index (κ2) is 24.2. The Labute approximate surface area is 448 Å². The summed E-state index contributed by atoms with van der Waals surface area (Å²) in [6.07, 6.45) is 1.76. The number of ether oxygens (including phenoxy) is 1. The molecule has 0 aliphatic heterocycles. The monoisotopic (exact) mass is 1150 g/mol. The maximum absolute atomic E-state index is 11.3. The molecule has 0 saturated carbocycles. The number of unbranched alkanes of at least 4 members (excludes halogenated alkanes) is 1. The van der Waals surface area contributed by atoms with Crippen LogP contribution in [-0.4, -0.2) is 42.4 Å². The number of para-hydroxylation sites is 5. The van der Waals surface area contributed by atoms with E-state index in [9.17, 15) is 10.2 Å². The van der Waals surface area contributed by atoms with Crippen molar-refractivity contribution in [2.45, 2.75) is 19.8 Å². The fourth-order valence-electron chi connectivity index (χ4n) is 8.77. The molecule has 12 aromatic rings. The summed E-state index contributed by atoms with van der Waals surface area (Å²) in [5.74, 6) is 1.51. The van der Waals surface area contributed by atoms with Crippen LogP contribution in [0.15, 0.2) is 217 Å². The van der Waals surface area contributed by atoms with Crippen LogP contribution in [0.2, 0.25) is 0 Å². The number of hydrogen-bond donors (Lipinski definition) is 2. The minimum Gasteiger partial charge on any atom is -0.582 e. The Bertz CT molecular complexity index is 3530. The Morgan fingerprint density at radius 1 is 0.444 bits per heavy atom. The largest absolute Gasteiger partial charge is 0.582 e. The second-order valence-electron chi connectivity index (χ2n) is 17.0. The van der Waals surface area contributed by atoms with E-state index in [0.29, 0.717) is 19.0 Å². The number of thiophene rings is 2. The fraction of sp³-hybridized carbons (Fsp3) is 0.0794. The van der Waals surface area contributed by atoms with Crippen molar-refractivity contribution in [3.63, 3.8) is 0 Å². The normalized spacial score (nSPS) is 10.7. The molecule has 4 aromatic heterocycles. The summed E-state index contributed by atoms with van der Waals surface area (Å²) in [5, 5.41) is 40.2. The van der Waals surface area contributed by atoms with Crippen LogP contribution in [0.25, 0.3) is 75.9 Å². The predicted octanol–water partition coefficient (Wildman–Crippen LogP) is 16.2. The van der Waals surface area contributed by atoms with E-state index in [2.05, 4.69) is 120 Å². The van der Waals surface area contributed by atoms with Gasteiger partial charge in [0.2, 0.25) is 0 Å². The quantitative estimate of drug-likeness (QED) is 0.0653. The number of benzene rings is 8. The molecule has 0 aliphatic rings. The van der Waals surface area contributed by atoms with Crippen LogP contribution in [0.3, 0.4) is 0 Å². The van der Waals surface area contributed by atoms with Gasteiger partial charge in [-0.1, -0.05) is 121 Å². The molecular formula is C63H56HfN2O4S2. The molecule has 4 heterocycles. The fourth-order valence-corrected chi connectivity index (χ4v) is 10.8. The molecular weight excluding hydrogens is 1090 g/mol. The molecule has 72 heavy (non-hydrogen) atoms. The zero-order chi connectivity index (χ0) is 49.1. The van der Waals surface area contributed by atoms with E-state index in [4.69, 9.17) is 9.84 Å². The molecule has 0 aliphatic carbocycles. The van der Waals surface area contributed by atoms with Crippen LogP contribution >= 0.6 is 22.7 Å². The first-order chi connectivity index (χ1) is 34.8. The Balaban J connectivity index is 0.000000151. The van der Waals surface area contributed by atoms with Crippen molar-refractivity contribution < 1.29 is 45.9 Å². The molecule has 0 radical (unpaired) electrons. The Morgan fingerprint density at radius 3 is 1.21 bits per heavy atom. The first-order valence-electron chi connectivity index (χ1n) is 23.6. The molecule has 6 nitrogen and oxygen atoms in total. The van der Waals surface area contributed by atoms with Gasteiger partial charge in [0.25, 0.3) is 5.75 Å². The van der Waals surface area contributed by atoms with Crippen LogP contribution in [0.4, 0.5) is 0 Å². The van der Waals surface area contributed by atoms with Gasteiger partial charge in [0.05, 0.1) is 27.6 Å². The molecule has 12 rings (SSSR count). The third-order valence-corrected chi connectivity index (χ3v) is 14.1. The van der Waals surface area contributed by atoms with Gasteiger partial charge < -0.3 is 20.1 Å². The number of fused-ring (bicyclic) bond motifs is 6. The number of aromatic hydroxyl groups is 3. The molecule has 0 unspecified atom stereocenters. The van der Waals surface area contributed by atoms with Crippen molar-refractivity contribution in [3.05, 3.63) is 248 Å². The number of aliphatic hydroxyl groups is 1. The van der Waals surface area contributed by atoms with Gasteiger partial charge >= 0.3 is 0 Å². The van der Waals surface area contributed by atoms with E-state index >= 15 is 0 Å². The van der Waals surface area contributed by atoms with Gasteiger partial charge in [-0.25, -0.2) is 0 Å². The van der Waals surface area contributed by atoms with Gasteiger partial charge in [-0.2, -0.15) is 49.2 Å². The van der Waals surface area contributed by atoms with Gasteiger partial charge in [-0.3, -0.25) is 9.13 Å². The summed E-state index contributed by atoms with van der Waals surface area (Å²) >= 11 is 3.13. The number of aryl methyl sites for hydroxylation is 1. The molecule has 5 N–H and O–H groups in total. The average molecular weight is 1150 g/mol. The molecule has 0 amide bonds. The second-order valence-corrected chi connectivity index (χ2v) is 18.7. The first kappa shape index (κ1) is 51.1. The van der Waals surface area contributed by atoms with E-state index in [1.165, 1.54) is 21.5 Å². The average Bonchev–Trinajstić information content (AvgIpc) is 4.16. The SMILES string of the molecule is Cc1ccccc1-c1csc(-n2c3ccccc3c3ccccc32)c1O.Oc1c(-c2ccccc2[OH+]CCCC[OH2+])csc1-n1c2ccccc2c2ccccc21.[CH2-]c1ccccc1.[CH2-]c1ccccc1.[Hf]. The molecule has 0 atom stereocenters. The van der Waals surface area contributed by atoms with Crippen molar-refractivity contribution in [2.24, 2.45) is 0 Å². The van der Waals surface area contributed by atoms with Crippen molar-refractivity contribution in [3.8, 4) is 49.5 Å². The molecule has 358 valence electrons. The van der Waals surface area contributed by atoms with Gasteiger partial charge in [0.1, 0.15) is 16.6 Å². The van der Waals surface area contributed by atoms with E-state index < -0.39 is 0 Å². The van der Waals surface area contributed by atoms with Crippen LogP contribution in [0, 0.1) is 20.8 Å². The first-order valence-corrected chi connectivity index (χ1v) is 25.4. The third-order valence-electron chi connectivity index (χ3n) is 12.2.